The van der Waals surface area contributed by atoms with Crippen LogP contribution in [0.15, 0.2) is 0 Å². The fourth-order valence-electron chi connectivity index (χ4n) is 2.09. The van der Waals surface area contributed by atoms with Crippen LogP contribution in [0.5, 0.6) is 0 Å². The van der Waals surface area contributed by atoms with Crippen molar-refractivity contribution in [2.45, 2.75) is 84.3 Å². The van der Waals surface area contributed by atoms with Crippen molar-refractivity contribution in [3.05, 3.63) is 0 Å². The van der Waals surface area contributed by atoms with Gasteiger partial charge in [0.25, 0.3) is 0 Å². The molecule has 0 aromatic carbocycles. The minimum absolute atomic E-state index is 0.186. The number of amides is 1. The summed E-state index contributed by atoms with van der Waals surface area (Å²) in [7, 11) is -1.77. The van der Waals surface area contributed by atoms with Crippen molar-refractivity contribution in [2.75, 3.05) is 19.8 Å². The highest BCUT2D eigenvalue weighted by Crippen LogP contribution is 2.36. The Morgan fingerprint density at radius 1 is 1.22 bits per heavy atom. The number of hydrogen-bond acceptors (Lipinski definition) is 4. The molecule has 0 aromatic heterocycles. The molecule has 1 aliphatic heterocycles. The van der Waals surface area contributed by atoms with E-state index in [2.05, 4.69) is 33.9 Å². The number of ether oxygens (including phenoxy) is 2. The first-order chi connectivity index (χ1) is 10.3. The SMILES string of the molecule is CC(C)(C)OC(=O)N1CCCOC1CCO[Si](C)(C)C(C)(C)C. The van der Waals surface area contributed by atoms with Gasteiger partial charge in [-0.25, -0.2) is 4.79 Å². The van der Waals surface area contributed by atoms with Gasteiger partial charge in [-0.2, -0.15) is 0 Å². The molecule has 1 atom stereocenters. The molecule has 1 saturated heterocycles. The molecule has 0 saturated carbocycles. The number of hydrogen-bond donors (Lipinski definition) is 0. The third-order valence-corrected chi connectivity index (χ3v) is 9.00. The number of rotatable bonds is 4. The normalized spacial score (nSPS) is 20.5. The van der Waals surface area contributed by atoms with Gasteiger partial charge in [0.05, 0.1) is 6.61 Å². The highest BCUT2D eigenvalue weighted by atomic mass is 28.4. The summed E-state index contributed by atoms with van der Waals surface area (Å²) in [5.41, 5.74) is -0.489. The maximum atomic E-state index is 12.3. The quantitative estimate of drug-likeness (QED) is 0.709. The molecular weight excluding hydrogens is 310 g/mol. The van der Waals surface area contributed by atoms with Gasteiger partial charge in [0.15, 0.2) is 8.32 Å². The molecule has 1 fully saturated rings. The molecule has 23 heavy (non-hydrogen) atoms. The first-order valence-corrected chi connectivity index (χ1v) is 11.5. The Morgan fingerprint density at radius 3 is 2.35 bits per heavy atom. The lowest BCUT2D eigenvalue weighted by Crippen LogP contribution is -2.49. The van der Waals surface area contributed by atoms with Crippen molar-refractivity contribution in [3.63, 3.8) is 0 Å². The number of nitrogens with zero attached hydrogens (tertiary/aromatic N) is 1. The lowest BCUT2D eigenvalue weighted by molar-refractivity contribution is -0.102. The Kier molecular flexibility index (Phi) is 6.70. The van der Waals surface area contributed by atoms with Crippen molar-refractivity contribution in [1.29, 1.82) is 0 Å². The highest BCUT2D eigenvalue weighted by Gasteiger charge is 2.38. The van der Waals surface area contributed by atoms with Gasteiger partial charge in [0.1, 0.15) is 11.8 Å². The first kappa shape index (κ1) is 20.5. The van der Waals surface area contributed by atoms with Crippen LogP contribution in [-0.4, -0.2) is 50.9 Å². The largest absolute Gasteiger partial charge is 0.444 e. The molecule has 1 amide bonds. The van der Waals surface area contributed by atoms with E-state index in [-0.39, 0.29) is 17.4 Å². The molecule has 0 bridgehead atoms. The van der Waals surface area contributed by atoms with Crippen LogP contribution in [0.4, 0.5) is 4.79 Å². The zero-order valence-corrected chi connectivity index (χ0v) is 17.2. The van der Waals surface area contributed by atoms with Crippen LogP contribution in [0, 0.1) is 0 Å². The molecule has 0 spiro atoms. The first-order valence-electron chi connectivity index (χ1n) is 8.59. The molecule has 136 valence electrons. The molecule has 0 radical (unpaired) electrons. The topological polar surface area (TPSA) is 48.0 Å². The Labute approximate surface area is 142 Å². The van der Waals surface area contributed by atoms with Crippen LogP contribution in [0.1, 0.15) is 54.4 Å². The van der Waals surface area contributed by atoms with E-state index >= 15 is 0 Å². The van der Waals surface area contributed by atoms with Gasteiger partial charge >= 0.3 is 6.09 Å². The van der Waals surface area contributed by atoms with Gasteiger partial charge in [-0.1, -0.05) is 20.8 Å². The van der Waals surface area contributed by atoms with Gasteiger partial charge in [0, 0.05) is 19.6 Å². The zero-order valence-electron chi connectivity index (χ0n) is 16.2. The van der Waals surface area contributed by atoms with Crippen LogP contribution in [0.2, 0.25) is 18.1 Å². The van der Waals surface area contributed by atoms with E-state index in [1.54, 1.807) is 4.90 Å². The molecule has 0 aliphatic carbocycles. The molecule has 1 aliphatic rings. The summed E-state index contributed by atoms with van der Waals surface area (Å²) in [6, 6.07) is 0. The molecule has 1 rings (SSSR count). The third-order valence-electron chi connectivity index (χ3n) is 4.46. The van der Waals surface area contributed by atoms with Crippen molar-refractivity contribution in [3.8, 4) is 0 Å². The third kappa shape index (κ3) is 6.43. The van der Waals surface area contributed by atoms with Crippen LogP contribution in [-0.2, 0) is 13.9 Å². The van der Waals surface area contributed by atoms with E-state index in [4.69, 9.17) is 13.9 Å². The van der Waals surface area contributed by atoms with Gasteiger partial charge in [-0.3, -0.25) is 4.90 Å². The van der Waals surface area contributed by atoms with Gasteiger partial charge < -0.3 is 13.9 Å². The van der Waals surface area contributed by atoms with E-state index in [0.717, 1.165) is 6.42 Å². The predicted molar refractivity (Wildman–Crippen MR) is 95.1 cm³/mol. The van der Waals surface area contributed by atoms with E-state index in [0.29, 0.717) is 26.2 Å². The summed E-state index contributed by atoms with van der Waals surface area (Å²) in [6.45, 7) is 18.8. The second-order valence-corrected chi connectivity index (χ2v) is 13.6. The van der Waals surface area contributed by atoms with Gasteiger partial charge in [-0.05, 0) is 45.3 Å². The van der Waals surface area contributed by atoms with E-state index in [1.165, 1.54) is 0 Å². The molecule has 0 aromatic rings. The average Bonchev–Trinajstić information content (AvgIpc) is 2.35. The Balaban J connectivity index is 2.58. The van der Waals surface area contributed by atoms with Gasteiger partial charge in [0.2, 0.25) is 0 Å². The second-order valence-electron chi connectivity index (χ2n) is 8.75. The molecule has 5 nitrogen and oxygen atoms in total. The van der Waals surface area contributed by atoms with E-state index < -0.39 is 13.9 Å². The lowest BCUT2D eigenvalue weighted by atomic mass is 10.2. The van der Waals surface area contributed by atoms with Crippen LogP contribution < -0.4 is 0 Å². The summed E-state index contributed by atoms with van der Waals surface area (Å²) in [4.78, 5) is 14.0. The Morgan fingerprint density at radius 2 is 1.83 bits per heavy atom. The molecule has 1 unspecified atom stereocenters. The van der Waals surface area contributed by atoms with Crippen LogP contribution in [0.25, 0.3) is 0 Å². The maximum Gasteiger partial charge on any atom is 0.412 e. The zero-order chi connectivity index (χ0) is 17.9. The fourth-order valence-corrected chi connectivity index (χ4v) is 3.15. The summed E-state index contributed by atoms with van der Waals surface area (Å²) in [5.74, 6) is 0. The fraction of sp³-hybridized carbons (Fsp3) is 0.941. The average molecular weight is 346 g/mol. The monoisotopic (exact) mass is 345 g/mol. The maximum absolute atomic E-state index is 12.3. The van der Waals surface area contributed by atoms with E-state index in [9.17, 15) is 4.79 Å². The number of carbonyl (C=O) groups excluding carboxylic acids is 1. The Bertz CT molecular complexity index is 398. The summed E-state index contributed by atoms with van der Waals surface area (Å²) in [5, 5.41) is 0.186. The summed E-state index contributed by atoms with van der Waals surface area (Å²) in [6.07, 6.45) is 0.989. The second kappa shape index (κ2) is 7.53. The number of carbonyl (C=O) groups is 1. The van der Waals surface area contributed by atoms with Gasteiger partial charge in [-0.15, -0.1) is 0 Å². The molecule has 0 N–H and O–H groups in total. The minimum Gasteiger partial charge on any atom is -0.444 e. The Hall–Kier alpha value is -0.593. The molecular formula is C17H35NO4Si. The van der Waals surface area contributed by atoms with Crippen LogP contribution in [0.3, 0.4) is 0 Å². The minimum atomic E-state index is -1.77. The van der Waals surface area contributed by atoms with Crippen molar-refractivity contribution in [1.82, 2.24) is 4.90 Å². The lowest BCUT2D eigenvalue weighted by Gasteiger charge is -2.39. The molecule has 1 heterocycles. The highest BCUT2D eigenvalue weighted by molar-refractivity contribution is 6.74. The predicted octanol–water partition coefficient (Wildman–Crippen LogP) is 4.38. The van der Waals surface area contributed by atoms with E-state index in [1.807, 2.05) is 20.8 Å². The van der Waals surface area contributed by atoms with Crippen molar-refractivity contribution >= 4 is 14.4 Å². The smallest absolute Gasteiger partial charge is 0.412 e. The standard InChI is InChI=1S/C17H35NO4Si/c1-16(2,3)22-15(19)18-11-9-12-20-14(18)10-13-21-23(7,8)17(4,5)6/h14H,9-13H2,1-8H3. The summed E-state index contributed by atoms with van der Waals surface area (Å²) >= 11 is 0. The summed E-state index contributed by atoms with van der Waals surface area (Å²) < 4.78 is 17.5. The molecule has 6 heteroatoms. The van der Waals surface area contributed by atoms with Crippen molar-refractivity contribution in [2.24, 2.45) is 0 Å². The van der Waals surface area contributed by atoms with Crippen molar-refractivity contribution < 1.29 is 18.7 Å². The van der Waals surface area contributed by atoms with Crippen LogP contribution >= 0.6 is 0 Å².